The zero-order chi connectivity index (χ0) is 77.4. The first-order valence-electron chi connectivity index (χ1n) is 41.1. The molecule has 606 valence electrons. The Balaban J connectivity index is 5.52. The summed E-state index contributed by atoms with van der Waals surface area (Å²) in [6.07, 6.45) is 89.9. The van der Waals surface area contributed by atoms with E-state index in [9.17, 15) is 43.2 Å². The standard InChI is InChI=1S/C87H146O17P2/c1-5-9-13-17-21-25-29-33-37-40-44-48-52-56-60-64-68-72-85(90)98-78-83(104-87(92)74-70-66-62-58-54-50-46-42-39-35-31-27-23-19-15-11-7-3)80-102-106(95,96)100-76-81(88)75-99-105(93,94)101-79-82(77-97-84(89)71-67-63-59-55-51-47-43-36-32-28-24-20-16-12-8-4)103-86(91)73-69-65-61-57-53-49-45-41-38-34-30-26-22-18-14-10-6-2/h21-23,25-27,33-35,37-39,44-46,48-50,56-58,60-62,81-83,88H,5-20,24,28-32,36,40-43,47,51-55,59,63-80H2,1-4H3,(H,93,94)(H,95,96)/b25-21-,26-22-,27-23-,37-33-,38-34-,39-35-,48-44-,49-45-,50-46-,60-56-,61-57-,62-58-/t81-,82+,83+/m0/s1. The third-order valence-electron chi connectivity index (χ3n) is 16.8. The number of hydrogen-bond donors (Lipinski definition) is 3. The molecule has 0 amide bonds. The highest BCUT2D eigenvalue weighted by molar-refractivity contribution is 7.47. The Kier molecular flexibility index (Phi) is 74.3. The normalized spacial score (nSPS) is 14.6. The van der Waals surface area contributed by atoms with Crippen molar-refractivity contribution >= 4 is 39.5 Å². The zero-order valence-electron chi connectivity index (χ0n) is 66.3. The first kappa shape index (κ1) is 101. The van der Waals surface area contributed by atoms with Gasteiger partial charge in [0.15, 0.2) is 12.2 Å². The molecule has 2 unspecified atom stereocenters. The Bertz CT molecular complexity index is 2580. The van der Waals surface area contributed by atoms with Gasteiger partial charge < -0.3 is 33.8 Å². The SMILES string of the molecule is CCCCC/C=C\C/C=C\C/C=C\C/C=C\CCCC(=O)OC[C@H](COP(=O)(O)OC[C@@H](O)COP(=O)(O)OC[C@@H](COC(=O)CCCCCCCCCCCCCCCCC)OC(=O)CCC/C=C\C/C=C\C/C=C\C/C=C\CCCCC)OC(=O)CCC/C=C\C/C=C\C/C=C\C/C=C\CCCCC. The summed E-state index contributed by atoms with van der Waals surface area (Å²) in [7, 11) is -10.0. The Labute approximate surface area is 643 Å². The summed E-state index contributed by atoms with van der Waals surface area (Å²) in [5.41, 5.74) is 0. The quantitative estimate of drug-likeness (QED) is 0.0169. The van der Waals surface area contributed by atoms with E-state index < -0.39 is 97.5 Å². The number of ether oxygens (including phenoxy) is 4. The lowest BCUT2D eigenvalue weighted by Gasteiger charge is -2.21. The van der Waals surface area contributed by atoms with Crippen molar-refractivity contribution in [3.8, 4) is 0 Å². The number of unbranched alkanes of at least 4 members (excludes halogenated alkanes) is 26. The fourth-order valence-electron chi connectivity index (χ4n) is 10.5. The molecule has 0 saturated heterocycles. The van der Waals surface area contributed by atoms with Crippen molar-refractivity contribution in [2.24, 2.45) is 0 Å². The van der Waals surface area contributed by atoms with Crippen molar-refractivity contribution in [3.05, 3.63) is 146 Å². The van der Waals surface area contributed by atoms with Crippen LogP contribution < -0.4 is 0 Å². The molecule has 0 spiro atoms. The van der Waals surface area contributed by atoms with E-state index in [2.05, 4.69) is 137 Å². The highest BCUT2D eigenvalue weighted by Crippen LogP contribution is 2.45. The number of phosphoric acid groups is 2. The molecule has 0 fully saturated rings. The molecule has 0 radical (unpaired) electrons. The van der Waals surface area contributed by atoms with Gasteiger partial charge in [0, 0.05) is 25.7 Å². The maximum absolute atomic E-state index is 13.1. The summed E-state index contributed by atoms with van der Waals surface area (Å²) < 4.78 is 68.5. The summed E-state index contributed by atoms with van der Waals surface area (Å²) in [5, 5.41) is 10.6. The van der Waals surface area contributed by atoms with Crippen molar-refractivity contribution in [2.45, 2.75) is 341 Å². The topological polar surface area (TPSA) is 237 Å². The lowest BCUT2D eigenvalue weighted by Crippen LogP contribution is -2.30. The van der Waals surface area contributed by atoms with Gasteiger partial charge in [0.05, 0.1) is 26.4 Å². The predicted octanol–water partition coefficient (Wildman–Crippen LogP) is 24.2. The van der Waals surface area contributed by atoms with E-state index >= 15 is 0 Å². The van der Waals surface area contributed by atoms with Gasteiger partial charge in [-0.1, -0.05) is 302 Å². The van der Waals surface area contributed by atoms with Gasteiger partial charge in [-0.15, -0.1) is 0 Å². The molecule has 0 aliphatic heterocycles. The summed E-state index contributed by atoms with van der Waals surface area (Å²) >= 11 is 0. The lowest BCUT2D eigenvalue weighted by atomic mass is 10.0. The molecule has 0 aliphatic rings. The highest BCUT2D eigenvalue weighted by Gasteiger charge is 2.30. The molecular formula is C87H146O17P2. The van der Waals surface area contributed by atoms with Gasteiger partial charge in [0.25, 0.3) is 0 Å². The number of phosphoric ester groups is 2. The second kappa shape index (κ2) is 78.1. The van der Waals surface area contributed by atoms with Crippen molar-refractivity contribution in [3.63, 3.8) is 0 Å². The van der Waals surface area contributed by atoms with Crippen molar-refractivity contribution in [1.29, 1.82) is 0 Å². The Morgan fingerprint density at radius 3 is 0.745 bits per heavy atom. The van der Waals surface area contributed by atoms with Crippen LogP contribution in [0.4, 0.5) is 0 Å². The number of esters is 4. The first-order chi connectivity index (χ1) is 51.7. The van der Waals surface area contributed by atoms with Gasteiger partial charge in [-0.3, -0.25) is 37.3 Å². The number of rotatable bonds is 76. The molecule has 3 N–H and O–H groups in total. The minimum atomic E-state index is -5.01. The number of carbonyl (C=O) groups excluding carboxylic acids is 4. The average Bonchev–Trinajstić information content (AvgIpc) is 0.905. The molecule has 0 aliphatic carbocycles. The minimum Gasteiger partial charge on any atom is -0.462 e. The monoisotopic (exact) mass is 1530 g/mol. The van der Waals surface area contributed by atoms with Crippen LogP contribution in [0.3, 0.4) is 0 Å². The van der Waals surface area contributed by atoms with Crippen LogP contribution in [0.2, 0.25) is 0 Å². The summed E-state index contributed by atoms with van der Waals surface area (Å²) in [4.78, 5) is 73.0. The maximum Gasteiger partial charge on any atom is 0.472 e. The van der Waals surface area contributed by atoms with E-state index in [1.54, 1.807) is 0 Å². The average molecular weight is 1530 g/mol. The Morgan fingerprint density at radius 2 is 0.472 bits per heavy atom. The van der Waals surface area contributed by atoms with Gasteiger partial charge in [0.1, 0.15) is 19.3 Å². The lowest BCUT2D eigenvalue weighted by molar-refractivity contribution is -0.161. The fraction of sp³-hybridized carbons (Fsp3) is 0.678. The Hall–Kier alpha value is -5.06. The van der Waals surface area contributed by atoms with Crippen LogP contribution in [0.1, 0.15) is 323 Å². The number of allylic oxidation sites excluding steroid dienone is 24. The van der Waals surface area contributed by atoms with Gasteiger partial charge in [0.2, 0.25) is 0 Å². The van der Waals surface area contributed by atoms with Crippen molar-refractivity contribution in [1.82, 2.24) is 0 Å². The fourth-order valence-corrected chi connectivity index (χ4v) is 12.1. The smallest absolute Gasteiger partial charge is 0.462 e. The summed E-state index contributed by atoms with van der Waals surface area (Å²) in [5.74, 6) is -2.37. The predicted molar refractivity (Wildman–Crippen MR) is 436 cm³/mol. The molecule has 19 heteroatoms. The molecule has 0 aromatic rings. The molecular weight excluding hydrogens is 1380 g/mol. The third-order valence-corrected chi connectivity index (χ3v) is 18.7. The second-order valence-corrected chi connectivity index (χ2v) is 29.9. The number of aliphatic hydroxyl groups is 1. The van der Waals surface area contributed by atoms with Crippen LogP contribution >= 0.6 is 15.6 Å². The summed E-state index contributed by atoms with van der Waals surface area (Å²) in [6, 6.07) is 0. The third kappa shape index (κ3) is 77.1. The molecule has 0 bridgehead atoms. The number of carbonyl (C=O) groups is 4. The molecule has 17 nitrogen and oxygen atoms in total. The van der Waals surface area contributed by atoms with Crippen LogP contribution in [0.25, 0.3) is 0 Å². The van der Waals surface area contributed by atoms with E-state index in [0.29, 0.717) is 44.9 Å². The van der Waals surface area contributed by atoms with E-state index in [-0.39, 0.29) is 25.7 Å². The van der Waals surface area contributed by atoms with Gasteiger partial charge in [-0.05, 0) is 141 Å². The molecule has 0 saturated carbocycles. The molecule has 0 heterocycles. The maximum atomic E-state index is 13.1. The molecule has 106 heavy (non-hydrogen) atoms. The highest BCUT2D eigenvalue weighted by atomic mass is 31.2. The van der Waals surface area contributed by atoms with Gasteiger partial charge >= 0.3 is 39.5 Å². The van der Waals surface area contributed by atoms with Crippen LogP contribution in [-0.2, 0) is 65.4 Å². The Morgan fingerprint density at radius 1 is 0.264 bits per heavy atom. The zero-order valence-corrected chi connectivity index (χ0v) is 68.1. The molecule has 0 rings (SSSR count). The molecule has 0 aromatic heterocycles. The van der Waals surface area contributed by atoms with Gasteiger partial charge in [-0.2, -0.15) is 0 Å². The van der Waals surface area contributed by atoms with Gasteiger partial charge in [-0.25, -0.2) is 9.13 Å². The van der Waals surface area contributed by atoms with E-state index in [1.807, 2.05) is 36.5 Å². The first-order valence-corrected chi connectivity index (χ1v) is 44.1. The van der Waals surface area contributed by atoms with Crippen LogP contribution in [0, 0.1) is 0 Å². The number of hydrogen-bond acceptors (Lipinski definition) is 15. The number of aliphatic hydroxyl groups excluding tert-OH is 1. The van der Waals surface area contributed by atoms with Crippen LogP contribution in [0.5, 0.6) is 0 Å². The van der Waals surface area contributed by atoms with Crippen molar-refractivity contribution in [2.75, 3.05) is 39.6 Å². The second-order valence-electron chi connectivity index (χ2n) is 27.0. The van der Waals surface area contributed by atoms with E-state index in [4.69, 9.17) is 37.0 Å². The summed E-state index contributed by atoms with van der Waals surface area (Å²) in [6.45, 7) is 4.62. The van der Waals surface area contributed by atoms with E-state index in [0.717, 1.165) is 103 Å². The van der Waals surface area contributed by atoms with Crippen molar-refractivity contribution < 1.29 is 80.2 Å². The van der Waals surface area contributed by atoms with E-state index in [1.165, 1.54) is 122 Å². The minimum absolute atomic E-state index is 0.00213. The largest absolute Gasteiger partial charge is 0.472 e. The molecule has 5 atom stereocenters. The molecule has 0 aromatic carbocycles. The van der Waals surface area contributed by atoms with Crippen LogP contribution in [0.15, 0.2) is 146 Å². The van der Waals surface area contributed by atoms with Crippen LogP contribution in [-0.4, -0.2) is 96.7 Å².